The van der Waals surface area contributed by atoms with Crippen molar-refractivity contribution in [2.45, 2.75) is 71.0 Å². The van der Waals surface area contributed by atoms with Gasteiger partial charge in [-0.05, 0) is 60.6 Å². The van der Waals surface area contributed by atoms with Gasteiger partial charge in [-0.15, -0.1) is 5.54 Å². The Balaban J connectivity index is 2.15. The van der Waals surface area contributed by atoms with E-state index in [2.05, 4.69) is 56.3 Å². The summed E-state index contributed by atoms with van der Waals surface area (Å²) in [6.45, 7) is 12.7. The molecule has 0 amide bonds. The first-order chi connectivity index (χ1) is 11.7. The van der Waals surface area contributed by atoms with Gasteiger partial charge in [-0.25, -0.2) is 0 Å². The molecule has 3 heteroatoms. The number of ether oxygens (including phenoxy) is 1. The number of benzene rings is 1. The van der Waals surface area contributed by atoms with Gasteiger partial charge in [0.1, 0.15) is 13.8 Å². The minimum absolute atomic E-state index is 0.170. The third-order valence-electron chi connectivity index (χ3n) is 5.36. The van der Waals surface area contributed by atoms with Gasteiger partial charge in [0.2, 0.25) is 0 Å². The van der Waals surface area contributed by atoms with Crippen molar-refractivity contribution in [2.75, 3.05) is 19.0 Å². The average molecular weight is 356 g/mol. The highest BCUT2D eigenvalue weighted by atomic mass is 28.3. The summed E-state index contributed by atoms with van der Waals surface area (Å²) >= 11 is 0. The van der Waals surface area contributed by atoms with E-state index in [9.17, 15) is 0 Å². The molecule has 0 aliphatic heterocycles. The maximum absolute atomic E-state index is 5.79. The van der Waals surface area contributed by atoms with Gasteiger partial charge in [-0.1, -0.05) is 39.4 Å². The van der Waals surface area contributed by atoms with E-state index in [1.165, 1.54) is 42.5 Å². The number of hydrogen-bond acceptors (Lipinski definition) is 2. The highest BCUT2D eigenvalue weighted by Crippen LogP contribution is 2.46. The first kappa shape index (κ1) is 18.4. The van der Waals surface area contributed by atoms with Gasteiger partial charge < -0.3 is 10.1 Å². The predicted molar refractivity (Wildman–Crippen MR) is 110 cm³/mol. The Labute approximate surface area is 154 Å². The van der Waals surface area contributed by atoms with Crippen LogP contribution in [0.15, 0.2) is 6.07 Å². The maximum atomic E-state index is 5.79. The molecule has 1 N–H and O–H groups in total. The summed E-state index contributed by atoms with van der Waals surface area (Å²) in [7, 11) is 0.372. The van der Waals surface area contributed by atoms with E-state index in [0.717, 1.165) is 30.2 Å². The number of rotatable bonds is 4. The monoisotopic (exact) mass is 355 g/mol. The Morgan fingerprint density at radius 3 is 2.60 bits per heavy atom. The zero-order chi connectivity index (χ0) is 18.2. The molecular formula is C22H33NOSi. The molecule has 1 saturated carbocycles. The van der Waals surface area contributed by atoms with Crippen LogP contribution in [-0.2, 0) is 11.8 Å². The Morgan fingerprint density at radius 1 is 1.28 bits per heavy atom. The molecule has 0 heterocycles. The first-order valence-corrected chi connectivity index (χ1v) is 13.2. The van der Waals surface area contributed by atoms with Crippen molar-refractivity contribution < 1.29 is 4.74 Å². The van der Waals surface area contributed by atoms with E-state index in [1.807, 2.05) is 0 Å². The quantitative estimate of drug-likeness (QED) is 0.580. The molecule has 25 heavy (non-hydrogen) atoms. The third kappa shape index (κ3) is 4.23. The summed E-state index contributed by atoms with van der Waals surface area (Å²) in [6.07, 6.45) is 6.31. The Hall–Kier alpha value is -1.40. The van der Waals surface area contributed by atoms with Gasteiger partial charge >= 0.3 is 0 Å². The van der Waals surface area contributed by atoms with Gasteiger partial charge in [0.15, 0.2) is 0 Å². The minimum Gasteiger partial charge on any atom is -0.496 e. The summed E-state index contributed by atoms with van der Waals surface area (Å²) in [4.78, 5) is 0. The largest absolute Gasteiger partial charge is 0.496 e. The molecule has 3 rings (SSSR count). The maximum Gasteiger partial charge on any atom is 0.129 e. The lowest BCUT2D eigenvalue weighted by Crippen LogP contribution is -2.27. The zero-order valence-corrected chi connectivity index (χ0v) is 17.8. The Bertz CT molecular complexity index is 714. The fraction of sp³-hybridized carbons (Fsp3) is 0.636. The van der Waals surface area contributed by atoms with Crippen molar-refractivity contribution in [2.24, 2.45) is 5.92 Å². The standard InChI is InChI=1S/C22H33NOSi/c1-22(2)12-7-8-18-19(24-3)14-17(11-13-25(4,5)6)21(20(18)22)23-15-16-9-10-16/h14,16,23H,7-10,12,15H2,1-6H3. The summed E-state index contributed by atoms with van der Waals surface area (Å²) < 4.78 is 5.79. The molecule has 1 aromatic rings. The van der Waals surface area contributed by atoms with Gasteiger partial charge in [0, 0.05) is 6.54 Å². The second-order valence-corrected chi connectivity index (χ2v) is 14.2. The molecule has 1 fully saturated rings. The van der Waals surface area contributed by atoms with Crippen LogP contribution in [0.5, 0.6) is 5.75 Å². The van der Waals surface area contributed by atoms with Crippen molar-refractivity contribution in [3.63, 3.8) is 0 Å². The number of hydrogen-bond donors (Lipinski definition) is 1. The molecule has 0 spiro atoms. The molecule has 136 valence electrons. The number of anilines is 1. The van der Waals surface area contributed by atoms with E-state index in [1.54, 1.807) is 7.11 Å². The lowest BCUT2D eigenvalue weighted by atomic mass is 9.71. The fourth-order valence-corrected chi connectivity index (χ4v) is 4.32. The van der Waals surface area contributed by atoms with Crippen LogP contribution in [-0.4, -0.2) is 21.7 Å². The second-order valence-electron chi connectivity index (χ2n) is 9.42. The van der Waals surface area contributed by atoms with Crippen molar-refractivity contribution in [1.82, 2.24) is 0 Å². The van der Waals surface area contributed by atoms with Crippen molar-refractivity contribution in [3.05, 3.63) is 22.8 Å². The molecule has 0 radical (unpaired) electrons. The van der Waals surface area contributed by atoms with Crippen molar-refractivity contribution in [1.29, 1.82) is 0 Å². The van der Waals surface area contributed by atoms with Crippen molar-refractivity contribution in [3.8, 4) is 17.2 Å². The second kappa shape index (κ2) is 6.72. The van der Waals surface area contributed by atoms with Crippen LogP contribution in [0.1, 0.15) is 56.2 Å². The van der Waals surface area contributed by atoms with Gasteiger partial charge in [-0.3, -0.25) is 0 Å². The lowest BCUT2D eigenvalue weighted by molar-refractivity contribution is 0.386. The van der Waals surface area contributed by atoms with Crippen LogP contribution < -0.4 is 10.1 Å². The van der Waals surface area contributed by atoms with Crippen LogP contribution in [0.4, 0.5) is 5.69 Å². The van der Waals surface area contributed by atoms with Crippen LogP contribution in [0, 0.1) is 17.4 Å². The van der Waals surface area contributed by atoms with Crippen LogP contribution in [0.3, 0.4) is 0 Å². The number of fused-ring (bicyclic) bond motifs is 1. The highest BCUT2D eigenvalue weighted by Gasteiger charge is 2.34. The normalized spacial score (nSPS) is 18.8. The zero-order valence-electron chi connectivity index (χ0n) is 16.8. The molecule has 1 aromatic carbocycles. The minimum atomic E-state index is -1.42. The summed E-state index contributed by atoms with van der Waals surface area (Å²) in [5.74, 6) is 5.41. The molecule has 0 bridgehead atoms. The summed E-state index contributed by atoms with van der Waals surface area (Å²) in [6, 6.07) is 2.18. The van der Waals surface area contributed by atoms with Gasteiger partial charge in [-0.2, -0.15) is 0 Å². The first-order valence-electron chi connectivity index (χ1n) is 9.73. The van der Waals surface area contributed by atoms with Crippen molar-refractivity contribution >= 4 is 13.8 Å². The highest BCUT2D eigenvalue weighted by molar-refractivity contribution is 6.83. The predicted octanol–water partition coefficient (Wildman–Crippen LogP) is 5.36. The molecule has 2 aliphatic rings. The van der Waals surface area contributed by atoms with E-state index in [-0.39, 0.29) is 5.41 Å². The molecule has 0 unspecified atom stereocenters. The average Bonchev–Trinajstić information content (AvgIpc) is 3.33. The van der Waals surface area contributed by atoms with E-state index in [4.69, 9.17) is 4.74 Å². The molecular weight excluding hydrogens is 322 g/mol. The topological polar surface area (TPSA) is 21.3 Å². The van der Waals surface area contributed by atoms with Crippen LogP contribution in [0.2, 0.25) is 19.6 Å². The Morgan fingerprint density at radius 2 is 2.00 bits per heavy atom. The number of methoxy groups -OCH3 is 1. The van der Waals surface area contributed by atoms with E-state index in [0.29, 0.717) is 0 Å². The van der Waals surface area contributed by atoms with E-state index < -0.39 is 8.07 Å². The summed E-state index contributed by atoms with van der Waals surface area (Å²) in [5.41, 5.74) is 9.01. The van der Waals surface area contributed by atoms with E-state index >= 15 is 0 Å². The smallest absolute Gasteiger partial charge is 0.129 e. The van der Waals surface area contributed by atoms with Gasteiger partial charge in [0.25, 0.3) is 0 Å². The molecule has 0 atom stereocenters. The molecule has 0 saturated heterocycles. The Kier molecular flexibility index (Phi) is 4.94. The number of nitrogens with one attached hydrogen (secondary N) is 1. The molecule has 0 aromatic heterocycles. The van der Waals surface area contributed by atoms with Crippen LogP contribution >= 0.6 is 0 Å². The van der Waals surface area contributed by atoms with Crippen LogP contribution in [0.25, 0.3) is 0 Å². The fourth-order valence-electron chi connectivity index (χ4n) is 3.81. The molecule has 2 aliphatic carbocycles. The molecule has 2 nitrogen and oxygen atoms in total. The third-order valence-corrected chi connectivity index (χ3v) is 6.23. The summed E-state index contributed by atoms with van der Waals surface area (Å²) in [5, 5.41) is 3.80. The lowest BCUT2D eigenvalue weighted by Gasteiger charge is -2.36. The van der Waals surface area contributed by atoms with Gasteiger partial charge in [0.05, 0.1) is 18.4 Å². The SMILES string of the molecule is COc1cc(C#C[Si](C)(C)C)c(NCC2CC2)c2c1CCCC2(C)C.